The zero-order chi connectivity index (χ0) is 29.6. The highest BCUT2D eigenvalue weighted by molar-refractivity contribution is 8.00. The first-order valence-corrected chi connectivity index (χ1v) is 15.4. The van der Waals surface area contributed by atoms with E-state index in [1.807, 2.05) is 37.3 Å². The molecule has 0 aliphatic carbocycles. The molecule has 0 radical (unpaired) electrons. The number of nitrogens with zero attached hydrogens (tertiary/aromatic N) is 3. The van der Waals surface area contributed by atoms with Gasteiger partial charge in [0.1, 0.15) is 0 Å². The fraction of sp³-hybridized carbons (Fsp3) is 0.290. The number of aliphatic hydroxyl groups excluding tert-OH is 1. The summed E-state index contributed by atoms with van der Waals surface area (Å²) in [5.41, 5.74) is 1.55. The van der Waals surface area contributed by atoms with E-state index < -0.39 is 23.5 Å². The molecule has 3 heterocycles. The van der Waals surface area contributed by atoms with Crippen molar-refractivity contribution < 1.29 is 28.6 Å². The quantitative estimate of drug-likeness (QED) is 0.0974. The minimum atomic E-state index is -1.00. The summed E-state index contributed by atoms with van der Waals surface area (Å²) in [5, 5.41) is 19.9. The molecule has 2 aromatic heterocycles. The van der Waals surface area contributed by atoms with Gasteiger partial charge < -0.3 is 19.0 Å². The van der Waals surface area contributed by atoms with Crippen molar-refractivity contribution in [1.29, 1.82) is 0 Å². The van der Waals surface area contributed by atoms with Crippen LogP contribution >= 0.6 is 23.1 Å². The van der Waals surface area contributed by atoms with Gasteiger partial charge in [-0.1, -0.05) is 73.3 Å². The SMILES string of the molecule is CCOc1cc(C2C(C(=O)c3ccco3)=C(O)C(=O)N2c2nnc(SCc3ccccc3)s2)ccc1OCCC(C)C. The summed E-state index contributed by atoms with van der Waals surface area (Å²) in [7, 11) is 0. The van der Waals surface area contributed by atoms with Crippen molar-refractivity contribution in [2.75, 3.05) is 18.1 Å². The summed E-state index contributed by atoms with van der Waals surface area (Å²) in [6.07, 6.45) is 2.24. The molecule has 9 nitrogen and oxygen atoms in total. The van der Waals surface area contributed by atoms with Crippen LogP contribution in [0.2, 0.25) is 0 Å². The highest BCUT2D eigenvalue weighted by Crippen LogP contribution is 2.45. The van der Waals surface area contributed by atoms with Gasteiger partial charge in [0, 0.05) is 5.75 Å². The van der Waals surface area contributed by atoms with Crippen LogP contribution in [0.15, 0.2) is 87.0 Å². The van der Waals surface area contributed by atoms with Gasteiger partial charge in [-0.15, -0.1) is 10.2 Å². The van der Waals surface area contributed by atoms with Crippen molar-refractivity contribution in [2.24, 2.45) is 5.92 Å². The Balaban J connectivity index is 1.51. The van der Waals surface area contributed by atoms with Crippen LogP contribution in [-0.4, -0.2) is 40.2 Å². The second-order valence-corrected chi connectivity index (χ2v) is 12.1. The van der Waals surface area contributed by atoms with Crippen LogP contribution in [0.1, 0.15) is 54.9 Å². The number of anilines is 1. The second-order valence-electron chi connectivity index (χ2n) is 9.94. The number of thioether (sulfide) groups is 1. The molecule has 42 heavy (non-hydrogen) atoms. The molecule has 1 atom stereocenters. The zero-order valence-corrected chi connectivity index (χ0v) is 25.1. The van der Waals surface area contributed by atoms with Crippen LogP contribution in [0.3, 0.4) is 0 Å². The Bertz CT molecular complexity index is 1570. The highest BCUT2D eigenvalue weighted by Gasteiger charge is 2.47. The van der Waals surface area contributed by atoms with Gasteiger partial charge in [0.05, 0.1) is 31.1 Å². The Morgan fingerprint density at radius 2 is 1.90 bits per heavy atom. The summed E-state index contributed by atoms with van der Waals surface area (Å²) in [6, 6.07) is 17.3. The average molecular weight is 606 g/mol. The summed E-state index contributed by atoms with van der Waals surface area (Å²) in [6.45, 7) is 7.01. The smallest absolute Gasteiger partial charge is 0.296 e. The molecule has 0 saturated carbocycles. The third-order valence-corrected chi connectivity index (χ3v) is 8.67. The van der Waals surface area contributed by atoms with Gasteiger partial charge >= 0.3 is 0 Å². The van der Waals surface area contributed by atoms with Crippen LogP contribution < -0.4 is 14.4 Å². The van der Waals surface area contributed by atoms with Crippen molar-refractivity contribution >= 4 is 39.9 Å². The van der Waals surface area contributed by atoms with Gasteiger partial charge in [0.25, 0.3) is 5.91 Å². The van der Waals surface area contributed by atoms with Crippen molar-refractivity contribution in [3.8, 4) is 11.5 Å². The van der Waals surface area contributed by atoms with Crippen LogP contribution in [-0.2, 0) is 10.5 Å². The fourth-order valence-electron chi connectivity index (χ4n) is 4.45. The van der Waals surface area contributed by atoms with Gasteiger partial charge in [0.15, 0.2) is 27.4 Å². The van der Waals surface area contributed by atoms with Crippen LogP contribution in [0.4, 0.5) is 5.13 Å². The molecule has 0 fully saturated rings. The van der Waals surface area contributed by atoms with E-state index in [2.05, 4.69) is 24.0 Å². The van der Waals surface area contributed by atoms with E-state index in [0.29, 0.717) is 46.3 Å². The predicted molar refractivity (Wildman–Crippen MR) is 161 cm³/mol. The molecule has 218 valence electrons. The van der Waals surface area contributed by atoms with E-state index in [-0.39, 0.29) is 16.5 Å². The van der Waals surface area contributed by atoms with Crippen LogP contribution in [0.25, 0.3) is 0 Å². The van der Waals surface area contributed by atoms with E-state index in [4.69, 9.17) is 13.9 Å². The normalized spacial score (nSPS) is 15.1. The number of rotatable bonds is 13. The number of hydrogen-bond acceptors (Lipinski definition) is 10. The predicted octanol–water partition coefficient (Wildman–Crippen LogP) is 7.03. The number of aliphatic hydroxyl groups is 1. The molecule has 0 spiro atoms. The summed E-state index contributed by atoms with van der Waals surface area (Å²) in [5.74, 6) is 0.172. The Morgan fingerprint density at radius 3 is 2.62 bits per heavy atom. The lowest BCUT2D eigenvalue weighted by Gasteiger charge is -2.25. The lowest BCUT2D eigenvalue weighted by molar-refractivity contribution is -0.117. The number of carbonyl (C=O) groups excluding carboxylic acids is 2. The Labute approximate surface area is 252 Å². The van der Waals surface area contributed by atoms with Crippen molar-refractivity contribution in [2.45, 2.75) is 43.3 Å². The number of Topliss-reactive ketones (excluding diaryl/α,β-unsaturated/α-hetero) is 1. The largest absolute Gasteiger partial charge is 0.503 e. The van der Waals surface area contributed by atoms with Gasteiger partial charge in [-0.25, -0.2) is 0 Å². The molecule has 1 unspecified atom stereocenters. The number of amides is 1. The number of furan rings is 1. The van der Waals surface area contributed by atoms with Gasteiger partial charge in [-0.3, -0.25) is 14.5 Å². The molecular formula is C31H31N3O6S2. The topological polar surface area (TPSA) is 115 Å². The van der Waals surface area contributed by atoms with E-state index in [9.17, 15) is 14.7 Å². The third-order valence-electron chi connectivity index (χ3n) is 6.54. The standard InChI is InChI=1S/C31H31N3O6S2/c1-4-38-24-17-21(12-13-22(24)40-16-14-19(2)3)26-25(27(35)23-11-8-15-39-23)28(36)29(37)34(26)30-32-33-31(42-30)41-18-20-9-6-5-7-10-20/h5-13,15,17,19,26,36H,4,14,16,18H2,1-3H3. The molecule has 0 saturated heterocycles. The minimum absolute atomic E-state index is 0.00578. The average Bonchev–Trinajstić information content (AvgIpc) is 3.74. The molecule has 0 bridgehead atoms. The first-order chi connectivity index (χ1) is 20.4. The maximum absolute atomic E-state index is 13.6. The molecule has 1 N–H and O–H groups in total. The Hall–Kier alpha value is -4.09. The van der Waals surface area contributed by atoms with Gasteiger partial charge in [0.2, 0.25) is 10.9 Å². The lowest BCUT2D eigenvalue weighted by Crippen LogP contribution is -2.31. The molecule has 11 heteroatoms. The number of carbonyl (C=O) groups is 2. The van der Waals surface area contributed by atoms with E-state index in [0.717, 1.165) is 12.0 Å². The molecule has 1 amide bonds. The lowest BCUT2D eigenvalue weighted by atomic mass is 9.95. The monoisotopic (exact) mass is 605 g/mol. The van der Waals surface area contributed by atoms with E-state index in [1.54, 1.807) is 24.3 Å². The maximum atomic E-state index is 13.6. The van der Waals surface area contributed by atoms with Gasteiger partial charge in [-0.2, -0.15) is 0 Å². The van der Waals surface area contributed by atoms with Crippen molar-refractivity contribution in [3.05, 3.63) is 95.1 Å². The van der Waals surface area contributed by atoms with Crippen molar-refractivity contribution in [3.63, 3.8) is 0 Å². The van der Waals surface area contributed by atoms with Crippen LogP contribution in [0, 0.1) is 5.92 Å². The van der Waals surface area contributed by atoms with E-state index in [1.165, 1.54) is 40.3 Å². The Morgan fingerprint density at radius 1 is 1.10 bits per heavy atom. The van der Waals surface area contributed by atoms with E-state index >= 15 is 0 Å². The van der Waals surface area contributed by atoms with Gasteiger partial charge in [-0.05, 0) is 54.7 Å². The number of hydrogen-bond donors (Lipinski definition) is 1. The summed E-state index contributed by atoms with van der Waals surface area (Å²) in [4.78, 5) is 28.5. The fourth-order valence-corrected chi connectivity index (χ4v) is 6.28. The molecule has 2 aromatic carbocycles. The Kier molecular flexibility index (Phi) is 9.28. The molecule has 4 aromatic rings. The third kappa shape index (κ3) is 6.37. The van der Waals surface area contributed by atoms with Crippen LogP contribution in [0.5, 0.6) is 11.5 Å². The summed E-state index contributed by atoms with van der Waals surface area (Å²) >= 11 is 2.70. The highest BCUT2D eigenvalue weighted by atomic mass is 32.2. The number of aromatic nitrogens is 2. The van der Waals surface area contributed by atoms with Crippen molar-refractivity contribution in [1.82, 2.24) is 10.2 Å². The number of ketones is 1. The maximum Gasteiger partial charge on any atom is 0.296 e. The zero-order valence-electron chi connectivity index (χ0n) is 23.5. The first-order valence-electron chi connectivity index (χ1n) is 13.6. The number of benzene rings is 2. The number of ether oxygens (including phenoxy) is 2. The minimum Gasteiger partial charge on any atom is -0.503 e. The molecule has 1 aliphatic rings. The molecule has 1 aliphatic heterocycles. The molecule has 5 rings (SSSR count). The second kappa shape index (κ2) is 13.3. The summed E-state index contributed by atoms with van der Waals surface area (Å²) < 4.78 is 17.9. The first kappa shape index (κ1) is 29.4. The molecular weight excluding hydrogens is 574 g/mol.